The zero-order valence-electron chi connectivity index (χ0n) is 12.7. The maximum Gasteiger partial charge on any atom is 0.328 e. The zero-order valence-corrected chi connectivity index (χ0v) is 13.7. The third kappa shape index (κ3) is 7.19. The van der Waals surface area contributed by atoms with Crippen LogP contribution in [0.15, 0.2) is 12.2 Å². The van der Waals surface area contributed by atoms with E-state index in [0.29, 0.717) is 6.42 Å². The Kier molecular flexibility index (Phi) is 7.10. The smallest absolute Gasteiger partial charge is 0.328 e. The number of carboxylic acids is 1. The first kappa shape index (κ1) is 17.9. The molecule has 0 aromatic carbocycles. The topological polar surface area (TPSA) is 46.5 Å². The lowest BCUT2D eigenvalue weighted by atomic mass is 10.1. The van der Waals surface area contributed by atoms with Crippen LogP contribution >= 0.6 is 0 Å². The normalized spacial score (nSPS) is 14.3. The van der Waals surface area contributed by atoms with E-state index in [1.54, 1.807) is 6.08 Å². The van der Waals surface area contributed by atoms with Crippen LogP contribution in [0.4, 0.5) is 0 Å². The number of aliphatic carboxylic acids is 1. The molecule has 19 heavy (non-hydrogen) atoms. The summed E-state index contributed by atoms with van der Waals surface area (Å²) in [5.74, 6) is 1.65. The molecule has 0 aliphatic heterocycles. The van der Waals surface area contributed by atoms with Gasteiger partial charge >= 0.3 is 5.97 Å². The maximum absolute atomic E-state index is 10.6. The summed E-state index contributed by atoms with van der Waals surface area (Å²) in [5.41, 5.74) is 0. The van der Waals surface area contributed by atoms with E-state index >= 15 is 0 Å². The number of terminal acetylenes is 1. The summed E-state index contributed by atoms with van der Waals surface area (Å²) in [4.78, 5) is 10.6. The van der Waals surface area contributed by atoms with Crippen molar-refractivity contribution in [1.82, 2.24) is 0 Å². The highest BCUT2D eigenvalue weighted by atomic mass is 28.4. The SMILES string of the molecule is C#CCCCC(/C=C/C(=O)O)O[Si](C)(C)C(C)(C)C. The summed E-state index contributed by atoms with van der Waals surface area (Å²) in [5, 5.41) is 8.83. The first-order valence-corrected chi connectivity index (χ1v) is 9.53. The van der Waals surface area contributed by atoms with Crippen molar-refractivity contribution < 1.29 is 14.3 Å². The zero-order chi connectivity index (χ0) is 15.1. The van der Waals surface area contributed by atoms with Gasteiger partial charge in [-0.25, -0.2) is 4.79 Å². The first-order chi connectivity index (χ1) is 8.60. The molecule has 0 saturated carbocycles. The van der Waals surface area contributed by atoms with Crippen LogP contribution in [-0.2, 0) is 9.22 Å². The van der Waals surface area contributed by atoms with Crippen LogP contribution in [0.2, 0.25) is 18.1 Å². The molecule has 3 nitrogen and oxygen atoms in total. The van der Waals surface area contributed by atoms with Gasteiger partial charge in [-0.15, -0.1) is 12.3 Å². The molecule has 1 atom stereocenters. The number of carboxylic acid groups (broad SMARTS) is 1. The lowest BCUT2D eigenvalue weighted by Gasteiger charge is -2.38. The average molecular weight is 282 g/mol. The lowest BCUT2D eigenvalue weighted by Crippen LogP contribution is -2.43. The third-order valence-corrected chi connectivity index (χ3v) is 8.02. The van der Waals surface area contributed by atoms with Gasteiger partial charge in [-0.3, -0.25) is 0 Å². The Morgan fingerprint density at radius 2 is 2.05 bits per heavy atom. The van der Waals surface area contributed by atoms with Crippen molar-refractivity contribution in [3.05, 3.63) is 12.2 Å². The standard InChI is InChI=1S/C15H26O3Si/c1-7-8-9-10-13(11-12-14(16)17)18-19(5,6)15(2,3)4/h1,11-13H,8-10H2,2-6H3,(H,16,17)/b12-11+. The second-order valence-electron chi connectivity index (χ2n) is 6.21. The predicted octanol–water partition coefficient (Wildman–Crippen LogP) is 3.82. The van der Waals surface area contributed by atoms with Gasteiger partial charge in [0, 0.05) is 12.5 Å². The number of rotatable bonds is 7. The molecular formula is C15H26O3Si. The molecule has 0 spiro atoms. The van der Waals surface area contributed by atoms with Gasteiger partial charge in [0.25, 0.3) is 0 Å². The van der Waals surface area contributed by atoms with Crippen LogP contribution in [0.3, 0.4) is 0 Å². The first-order valence-electron chi connectivity index (χ1n) is 6.62. The van der Waals surface area contributed by atoms with E-state index in [1.165, 1.54) is 0 Å². The fourth-order valence-corrected chi connectivity index (χ4v) is 2.65. The van der Waals surface area contributed by atoms with Crippen LogP contribution in [0.1, 0.15) is 40.0 Å². The third-order valence-electron chi connectivity index (χ3n) is 3.52. The molecule has 0 bridgehead atoms. The van der Waals surface area contributed by atoms with Gasteiger partial charge in [0.2, 0.25) is 0 Å². The van der Waals surface area contributed by atoms with Gasteiger partial charge < -0.3 is 9.53 Å². The number of hydrogen-bond acceptors (Lipinski definition) is 2. The minimum atomic E-state index is -1.90. The predicted molar refractivity (Wildman–Crippen MR) is 81.5 cm³/mol. The number of carbonyl (C=O) groups is 1. The van der Waals surface area contributed by atoms with Crippen LogP contribution in [0, 0.1) is 12.3 Å². The minimum Gasteiger partial charge on any atom is -0.478 e. The van der Waals surface area contributed by atoms with Crippen molar-refractivity contribution in [2.24, 2.45) is 0 Å². The van der Waals surface area contributed by atoms with Gasteiger partial charge in [0.05, 0.1) is 6.10 Å². The van der Waals surface area contributed by atoms with Crippen molar-refractivity contribution in [2.75, 3.05) is 0 Å². The van der Waals surface area contributed by atoms with Crippen molar-refractivity contribution in [2.45, 2.75) is 64.3 Å². The fraction of sp³-hybridized carbons (Fsp3) is 0.667. The largest absolute Gasteiger partial charge is 0.478 e. The van der Waals surface area contributed by atoms with Crippen molar-refractivity contribution in [3.8, 4) is 12.3 Å². The van der Waals surface area contributed by atoms with Crippen LogP contribution in [-0.4, -0.2) is 25.5 Å². The Labute approximate surface area is 118 Å². The summed E-state index contributed by atoms with van der Waals surface area (Å²) in [6, 6.07) is 0. The Morgan fingerprint density at radius 1 is 1.47 bits per heavy atom. The van der Waals surface area contributed by atoms with Gasteiger partial charge in [-0.2, -0.15) is 0 Å². The molecule has 0 aliphatic rings. The molecule has 0 rings (SSSR count). The molecule has 0 saturated heterocycles. The monoisotopic (exact) mass is 282 g/mol. The van der Waals surface area contributed by atoms with E-state index in [9.17, 15) is 4.79 Å². The highest BCUT2D eigenvalue weighted by Gasteiger charge is 2.38. The van der Waals surface area contributed by atoms with Crippen molar-refractivity contribution >= 4 is 14.3 Å². The second-order valence-corrected chi connectivity index (χ2v) is 11.0. The summed E-state index contributed by atoms with van der Waals surface area (Å²) in [7, 11) is -1.90. The number of unbranched alkanes of at least 4 members (excludes halogenated alkanes) is 1. The molecule has 108 valence electrons. The molecule has 0 aromatic heterocycles. The summed E-state index contributed by atoms with van der Waals surface area (Å²) < 4.78 is 6.22. The Hall–Kier alpha value is -1.05. The van der Waals surface area contributed by atoms with E-state index in [1.807, 2.05) is 0 Å². The van der Waals surface area contributed by atoms with Crippen LogP contribution in [0.25, 0.3) is 0 Å². The highest BCUT2D eigenvalue weighted by molar-refractivity contribution is 6.74. The molecule has 1 unspecified atom stereocenters. The summed E-state index contributed by atoms with van der Waals surface area (Å²) in [6.07, 6.45) is 10.2. The fourth-order valence-electron chi connectivity index (χ4n) is 1.34. The van der Waals surface area contributed by atoms with E-state index in [0.717, 1.165) is 18.9 Å². The second kappa shape index (κ2) is 7.52. The molecule has 0 fully saturated rings. The van der Waals surface area contributed by atoms with Crippen LogP contribution in [0.5, 0.6) is 0 Å². The summed E-state index contributed by atoms with van der Waals surface area (Å²) in [6.45, 7) is 10.8. The number of hydrogen-bond donors (Lipinski definition) is 1. The van der Waals surface area contributed by atoms with Crippen molar-refractivity contribution in [3.63, 3.8) is 0 Å². The molecule has 4 heteroatoms. The quantitative estimate of drug-likeness (QED) is 0.334. The van der Waals surface area contributed by atoms with E-state index in [-0.39, 0.29) is 11.1 Å². The van der Waals surface area contributed by atoms with Gasteiger partial charge in [-0.05, 0) is 37.0 Å². The molecule has 0 radical (unpaired) electrons. The van der Waals surface area contributed by atoms with E-state index in [4.69, 9.17) is 16.0 Å². The Balaban J connectivity index is 4.75. The summed E-state index contributed by atoms with van der Waals surface area (Å²) >= 11 is 0. The average Bonchev–Trinajstić information content (AvgIpc) is 2.24. The van der Waals surface area contributed by atoms with E-state index in [2.05, 4.69) is 39.8 Å². The molecule has 0 aromatic rings. The van der Waals surface area contributed by atoms with Gasteiger partial charge in [0.1, 0.15) is 0 Å². The molecular weight excluding hydrogens is 256 g/mol. The minimum absolute atomic E-state index is 0.106. The molecule has 0 amide bonds. The molecule has 1 N–H and O–H groups in total. The van der Waals surface area contributed by atoms with Crippen LogP contribution < -0.4 is 0 Å². The molecule has 0 aliphatic carbocycles. The maximum atomic E-state index is 10.6. The lowest BCUT2D eigenvalue weighted by molar-refractivity contribution is -0.131. The Morgan fingerprint density at radius 3 is 2.47 bits per heavy atom. The van der Waals surface area contributed by atoms with Gasteiger partial charge in [-0.1, -0.05) is 20.8 Å². The highest BCUT2D eigenvalue weighted by Crippen LogP contribution is 2.37. The molecule has 0 heterocycles. The van der Waals surface area contributed by atoms with Gasteiger partial charge in [0.15, 0.2) is 8.32 Å². The Bertz CT molecular complexity index is 359. The van der Waals surface area contributed by atoms with E-state index < -0.39 is 14.3 Å². The van der Waals surface area contributed by atoms with Crippen molar-refractivity contribution in [1.29, 1.82) is 0 Å².